The van der Waals surface area contributed by atoms with Crippen molar-refractivity contribution in [1.82, 2.24) is 14.6 Å². The molecule has 0 atom stereocenters. The summed E-state index contributed by atoms with van der Waals surface area (Å²) in [4.78, 5) is 16.2. The van der Waals surface area contributed by atoms with Gasteiger partial charge in [-0.1, -0.05) is 6.07 Å². The Morgan fingerprint density at radius 1 is 1.07 bits per heavy atom. The van der Waals surface area contributed by atoms with Crippen molar-refractivity contribution in [3.05, 3.63) is 84.1 Å². The molecule has 140 valence electrons. The van der Waals surface area contributed by atoms with Gasteiger partial charge < -0.3 is 5.32 Å². The molecule has 0 radical (unpaired) electrons. The van der Waals surface area contributed by atoms with E-state index in [1.165, 1.54) is 10.7 Å². The number of nitrogens with one attached hydrogen (secondary N) is 1. The molecule has 4 aromatic rings. The molecule has 3 heterocycles. The largest absolute Gasteiger partial charge is 0.319 e. The third-order valence-electron chi connectivity index (χ3n) is 4.14. The van der Waals surface area contributed by atoms with E-state index in [2.05, 4.69) is 15.4 Å². The van der Waals surface area contributed by atoms with Gasteiger partial charge in [0, 0.05) is 17.3 Å². The molecule has 0 saturated heterocycles. The first-order chi connectivity index (χ1) is 13.5. The summed E-state index contributed by atoms with van der Waals surface area (Å²) in [5.41, 5.74) is 1.25. The summed E-state index contributed by atoms with van der Waals surface area (Å²) in [5.74, 6) is -1.02. The standard InChI is InChI=1S/C20H13F3N4O/c21-12-4-7-15(19(22)23)16(9-12)18-10-14-6-5-13(11-27(14)26-18)25-20(28)17-3-1-2-8-24-17/h1-11,19H,(H,25,28). The van der Waals surface area contributed by atoms with E-state index in [0.29, 0.717) is 11.2 Å². The van der Waals surface area contributed by atoms with Crippen molar-refractivity contribution in [1.29, 1.82) is 0 Å². The Bertz CT molecular complexity index is 1160. The molecule has 0 aliphatic carbocycles. The highest BCUT2D eigenvalue weighted by atomic mass is 19.3. The lowest BCUT2D eigenvalue weighted by molar-refractivity contribution is 0.102. The summed E-state index contributed by atoms with van der Waals surface area (Å²) < 4.78 is 41.5. The van der Waals surface area contributed by atoms with E-state index >= 15 is 0 Å². The highest BCUT2D eigenvalue weighted by Gasteiger charge is 2.17. The van der Waals surface area contributed by atoms with Crippen LogP contribution in [0.5, 0.6) is 0 Å². The number of carbonyl (C=O) groups excluding carboxylic acids is 1. The van der Waals surface area contributed by atoms with Crippen molar-refractivity contribution in [3.8, 4) is 11.3 Å². The summed E-state index contributed by atoms with van der Waals surface area (Å²) in [7, 11) is 0. The Hall–Kier alpha value is -3.68. The number of fused-ring (bicyclic) bond motifs is 1. The van der Waals surface area contributed by atoms with E-state index in [9.17, 15) is 18.0 Å². The van der Waals surface area contributed by atoms with Crippen molar-refractivity contribution in [2.24, 2.45) is 0 Å². The van der Waals surface area contributed by atoms with Gasteiger partial charge in [-0.2, -0.15) is 5.10 Å². The van der Waals surface area contributed by atoms with Gasteiger partial charge in [0.25, 0.3) is 12.3 Å². The van der Waals surface area contributed by atoms with Crippen LogP contribution in [0, 0.1) is 5.82 Å². The summed E-state index contributed by atoms with van der Waals surface area (Å²) in [5, 5.41) is 6.95. The number of benzene rings is 1. The van der Waals surface area contributed by atoms with Gasteiger partial charge in [-0.15, -0.1) is 0 Å². The number of nitrogens with zero attached hydrogens (tertiary/aromatic N) is 3. The Kier molecular flexibility index (Phi) is 4.52. The van der Waals surface area contributed by atoms with Gasteiger partial charge in [-0.05, 0) is 48.5 Å². The fourth-order valence-corrected chi connectivity index (χ4v) is 2.83. The van der Waals surface area contributed by atoms with E-state index in [1.807, 2.05) is 0 Å². The lowest BCUT2D eigenvalue weighted by atomic mass is 10.0. The zero-order chi connectivity index (χ0) is 19.7. The van der Waals surface area contributed by atoms with Crippen molar-refractivity contribution in [2.75, 3.05) is 5.32 Å². The molecular formula is C20H13F3N4O. The maximum Gasteiger partial charge on any atom is 0.274 e. The number of pyridine rings is 2. The second-order valence-corrected chi connectivity index (χ2v) is 6.02. The fourth-order valence-electron chi connectivity index (χ4n) is 2.83. The summed E-state index contributed by atoms with van der Waals surface area (Å²) in [6.07, 6.45) is 0.298. The average molecular weight is 382 g/mol. The fraction of sp³-hybridized carbons (Fsp3) is 0.0500. The summed E-state index contributed by atoms with van der Waals surface area (Å²) >= 11 is 0. The number of halogens is 3. The smallest absolute Gasteiger partial charge is 0.274 e. The molecule has 3 aromatic heterocycles. The van der Waals surface area contributed by atoms with E-state index in [0.717, 1.165) is 18.2 Å². The number of amides is 1. The number of carbonyl (C=O) groups is 1. The quantitative estimate of drug-likeness (QED) is 0.555. The molecule has 1 aromatic carbocycles. The lowest BCUT2D eigenvalue weighted by Crippen LogP contribution is -2.13. The Balaban J connectivity index is 1.68. The minimum absolute atomic E-state index is 0.0257. The average Bonchev–Trinajstić information content (AvgIpc) is 3.11. The second kappa shape index (κ2) is 7.15. The van der Waals surface area contributed by atoms with Crippen molar-refractivity contribution < 1.29 is 18.0 Å². The number of aromatic nitrogens is 3. The third-order valence-corrected chi connectivity index (χ3v) is 4.14. The van der Waals surface area contributed by atoms with Crippen LogP contribution in [0.4, 0.5) is 18.9 Å². The molecule has 8 heteroatoms. The topological polar surface area (TPSA) is 59.3 Å². The number of hydrogen-bond donors (Lipinski definition) is 1. The number of rotatable bonds is 4. The van der Waals surface area contributed by atoms with Crippen LogP contribution < -0.4 is 5.32 Å². The molecule has 0 unspecified atom stereocenters. The van der Waals surface area contributed by atoms with Crippen molar-refractivity contribution >= 4 is 17.1 Å². The summed E-state index contributed by atoms with van der Waals surface area (Å²) in [6.45, 7) is 0. The SMILES string of the molecule is O=C(Nc1ccc2cc(-c3cc(F)ccc3C(F)F)nn2c1)c1ccccn1. The van der Waals surface area contributed by atoms with Crippen LogP contribution in [0.2, 0.25) is 0 Å². The van der Waals surface area contributed by atoms with Crippen LogP contribution in [-0.4, -0.2) is 20.5 Å². The molecule has 0 saturated carbocycles. The first-order valence-corrected chi connectivity index (χ1v) is 8.31. The molecule has 0 bridgehead atoms. The predicted octanol–water partition coefficient (Wildman–Crippen LogP) is 4.73. The highest BCUT2D eigenvalue weighted by Crippen LogP contribution is 2.31. The maximum absolute atomic E-state index is 13.6. The van der Waals surface area contributed by atoms with Crippen LogP contribution in [0.25, 0.3) is 16.8 Å². The zero-order valence-corrected chi connectivity index (χ0v) is 14.3. The summed E-state index contributed by atoms with van der Waals surface area (Å²) in [6, 6.07) is 13.0. The monoisotopic (exact) mass is 382 g/mol. The van der Waals surface area contributed by atoms with Gasteiger partial charge in [0.05, 0.1) is 23.1 Å². The molecule has 0 fully saturated rings. The minimum atomic E-state index is -2.76. The molecular weight excluding hydrogens is 369 g/mol. The van der Waals surface area contributed by atoms with E-state index in [-0.39, 0.29) is 22.5 Å². The maximum atomic E-state index is 13.6. The van der Waals surface area contributed by atoms with Gasteiger partial charge >= 0.3 is 0 Å². The van der Waals surface area contributed by atoms with Crippen LogP contribution in [0.1, 0.15) is 22.5 Å². The number of hydrogen-bond acceptors (Lipinski definition) is 3. The number of anilines is 1. The van der Waals surface area contributed by atoms with Gasteiger partial charge in [0.1, 0.15) is 11.5 Å². The molecule has 0 aliphatic heterocycles. The van der Waals surface area contributed by atoms with Gasteiger partial charge in [-0.3, -0.25) is 9.78 Å². The van der Waals surface area contributed by atoms with Crippen molar-refractivity contribution in [3.63, 3.8) is 0 Å². The van der Waals surface area contributed by atoms with E-state index in [4.69, 9.17) is 0 Å². The molecule has 0 aliphatic rings. The first-order valence-electron chi connectivity index (χ1n) is 8.31. The normalized spacial score (nSPS) is 11.1. The Labute approximate surface area is 157 Å². The van der Waals surface area contributed by atoms with Crippen LogP contribution in [-0.2, 0) is 0 Å². The van der Waals surface area contributed by atoms with Gasteiger partial charge in [-0.25, -0.2) is 17.7 Å². The molecule has 5 nitrogen and oxygen atoms in total. The highest BCUT2D eigenvalue weighted by molar-refractivity contribution is 6.02. The molecule has 1 amide bonds. The van der Waals surface area contributed by atoms with Gasteiger partial charge in [0.15, 0.2) is 0 Å². The minimum Gasteiger partial charge on any atom is -0.319 e. The number of alkyl halides is 2. The van der Waals surface area contributed by atoms with Crippen LogP contribution in [0.15, 0.2) is 67.0 Å². The molecule has 4 rings (SSSR count). The van der Waals surface area contributed by atoms with E-state index < -0.39 is 18.1 Å². The molecule has 28 heavy (non-hydrogen) atoms. The zero-order valence-electron chi connectivity index (χ0n) is 14.3. The van der Waals surface area contributed by atoms with E-state index in [1.54, 1.807) is 42.6 Å². The van der Waals surface area contributed by atoms with Gasteiger partial charge in [0.2, 0.25) is 0 Å². The molecule has 0 spiro atoms. The third kappa shape index (κ3) is 3.44. The first kappa shape index (κ1) is 17.7. The lowest BCUT2D eigenvalue weighted by Gasteiger charge is -2.06. The van der Waals surface area contributed by atoms with Crippen LogP contribution >= 0.6 is 0 Å². The van der Waals surface area contributed by atoms with Crippen molar-refractivity contribution in [2.45, 2.75) is 6.43 Å². The Morgan fingerprint density at radius 2 is 1.93 bits per heavy atom. The second-order valence-electron chi connectivity index (χ2n) is 6.02. The predicted molar refractivity (Wildman–Crippen MR) is 97.7 cm³/mol. The Morgan fingerprint density at radius 3 is 2.68 bits per heavy atom. The molecule has 1 N–H and O–H groups in total. The van der Waals surface area contributed by atoms with Crippen LogP contribution in [0.3, 0.4) is 0 Å².